The maximum atomic E-state index is 11.9. The van der Waals surface area contributed by atoms with E-state index in [-0.39, 0.29) is 11.3 Å². The molecule has 1 aliphatic rings. The lowest BCUT2D eigenvalue weighted by Gasteiger charge is -2.31. The Morgan fingerprint density at radius 2 is 1.81 bits per heavy atom. The molecule has 1 aliphatic heterocycles. The van der Waals surface area contributed by atoms with E-state index in [9.17, 15) is 4.79 Å². The maximum absolute atomic E-state index is 11.9. The molecule has 0 radical (unpaired) electrons. The van der Waals surface area contributed by atoms with E-state index in [1.54, 1.807) is 6.08 Å². The fourth-order valence-corrected chi connectivity index (χ4v) is 1.55. The van der Waals surface area contributed by atoms with Crippen molar-refractivity contribution in [2.45, 2.75) is 27.2 Å². The van der Waals surface area contributed by atoms with E-state index in [1.807, 2.05) is 11.0 Å². The van der Waals surface area contributed by atoms with Gasteiger partial charge in [-0.3, -0.25) is 4.79 Å². The van der Waals surface area contributed by atoms with Gasteiger partial charge in [0.15, 0.2) is 0 Å². The Kier molecular flexibility index (Phi) is 4.54. The van der Waals surface area contributed by atoms with Crippen molar-refractivity contribution in [2.24, 2.45) is 5.41 Å². The summed E-state index contributed by atoms with van der Waals surface area (Å²) in [6.07, 6.45) is 4.84. The molecule has 1 saturated heterocycles. The second kappa shape index (κ2) is 5.48. The van der Waals surface area contributed by atoms with E-state index in [1.165, 1.54) is 0 Å². The van der Waals surface area contributed by atoms with Crippen molar-refractivity contribution in [3.63, 3.8) is 0 Å². The molecular formula is C13H24N2O. The second-order valence-electron chi connectivity index (χ2n) is 5.30. The number of amides is 1. The minimum atomic E-state index is 0.127. The van der Waals surface area contributed by atoms with Gasteiger partial charge in [-0.25, -0.2) is 0 Å². The first kappa shape index (κ1) is 13.2. The van der Waals surface area contributed by atoms with Crippen LogP contribution in [0.5, 0.6) is 0 Å². The number of nitrogens with zero attached hydrogens (tertiary/aromatic N) is 2. The monoisotopic (exact) mass is 224 g/mol. The average molecular weight is 224 g/mol. The summed E-state index contributed by atoms with van der Waals surface area (Å²) in [5.74, 6) is 0.162. The van der Waals surface area contributed by atoms with E-state index in [0.717, 1.165) is 32.6 Å². The Labute approximate surface area is 99.1 Å². The summed E-state index contributed by atoms with van der Waals surface area (Å²) in [5.41, 5.74) is 0.127. The third-order valence-corrected chi connectivity index (χ3v) is 3.40. The first-order valence-electron chi connectivity index (χ1n) is 6.11. The van der Waals surface area contributed by atoms with Crippen LogP contribution in [0, 0.1) is 5.41 Å². The van der Waals surface area contributed by atoms with Gasteiger partial charge in [-0.15, -0.1) is 0 Å². The Bertz CT molecular complexity index is 263. The fraction of sp³-hybridized carbons (Fsp3) is 0.769. The highest BCUT2D eigenvalue weighted by Gasteiger charge is 2.18. The third-order valence-electron chi connectivity index (χ3n) is 3.40. The van der Waals surface area contributed by atoms with E-state index in [4.69, 9.17) is 0 Å². The van der Waals surface area contributed by atoms with Gasteiger partial charge in [-0.2, -0.15) is 0 Å². The Balaban J connectivity index is 2.46. The molecule has 92 valence electrons. The Morgan fingerprint density at radius 1 is 1.25 bits per heavy atom. The highest BCUT2D eigenvalue weighted by molar-refractivity contribution is 5.87. The van der Waals surface area contributed by atoms with Gasteiger partial charge < -0.3 is 9.80 Å². The lowest BCUT2D eigenvalue weighted by atomic mass is 9.90. The summed E-state index contributed by atoms with van der Waals surface area (Å²) in [7, 11) is 2.10. The van der Waals surface area contributed by atoms with Gasteiger partial charge in [0.1, 0.15) is 0 Å². The van der Waals surface area contributed by atoms with Crippen LogP contribution in [0.4, 0.5) is 0 Å². The zero-order valence-corrected chi connectivity index (χ0v) is 11.0. The highest BCUT2D eigenvalue weighted by atomic mass is 16.2. The molecule has 1 amide bonds. The lowest BCUT2D eigenvalue weighted by molar-refractivity contribution is -0.127. The maximum Gasteiger partial charge on any atom is 0.246 e. The molecule has 0 aromatic rings. The molecule has 1 fully saturated rings. The summed E-state index contributed by atoms with van der Waals surface area (Å²) in [5, 5.41) is 0. The highest BCUT2D eigenvalue weighted by Crippen LogP contribution is 2.21. The first-order valence-corrected chi connectivity index (χ1v) is 6.11. The predicted molar refractivity (Wildman–Crippen MR) is 67.3 cm³/mol. The minimum absolute atomic E-state index is 0.127. The number of piperazine rings is 1. The fourth-order valence-electron chi connectivity index (χ4n) is 1.55. The zero-order valence-electron chi connectivity index (χ0n) is 11.0. The summed E-state index contributed by atoms with van der Waals surface area (Å²) >= 11 is 0. The molecule has 0 saturated carbocycles. The second-order valence-corrected chi connectivity index (χ2v) is 5.30. The van der Waals surface area contributed by atoms with Crippen molar-refractivity contribution >= 4 is 5.91 Å². The average Bonchev–Trinajstić information content (AvgIpc) is 2.27. The number of carbonyl (C=O) groups is 1. The number of hydrogen-bond acceptors (Lipinski definition) is 2. The van der Waals surface area contributed by atoms with E-state index >= 15 is 0 Å². The van der Waals surface area contributed by atoms with Gasteiger partial charge in [0, 0.05) is 26.2 Å². The molecule has 0 N–H and O–H groups in total. The minimum Gasteiger partial charge on any atom is -0.337 e. The smallest absolute Gasteiger partial charge is 0.246 e. The molecule has 16 heavy (non-hydrogen) atoms. The number of rotatable bonds is 3. The largest absolute Gasteiger partial charge is 0.337 e. The first-order chi connectivity index (χ1) is 7.44. The van der Waals surface area contributed by atoms with Crippen LogP contribution in [0.15, 0.2) is 12.2 Å². The molecule has 0 unspecified atom stereocenters. The van der Waals surface area contributed by atoms with E-state index < -0.39 is 0 Å². The van der Waals surface area contributed by atoms with Gasteiger partial charge in [-0.05, 0) is 25.0 Å². The number of carbonyl (C=O) groups excluding carboxylic acids is 1. The van der Waals surface area contributed by atoms with Crippen molar-refractivity contribution in [1.29, 1.82) is 0 Å². The van der Waals surface area contributed by atoms with Gasteiger partial charge >= 0.3 is 0 Å². The van der Waals surface area contributed by atoms with Crippen LogP contribution in [-0.4, -0.2) is 48.9 Å². The molecule has 0 spiro atoms. The van der Waals surface area contributed by atoms with Crippen molar-refractivity contribution in [3.05, 3.63) is 12.2 Å². The van der Waals surface area contributed by atoms with Gasteiger partial charge in [0.2, 0.25) is 5.91 Å². The summed E-state index contributed by atoms with van der Waals surface area (Å²) in [4.78, 5) is 16.1. The topological polar surface area (TPSA) is 23.6 Å². The number of hydrogen-bond donors (Lipinski definition) is 0. The third kappa shape index (κ3) is 3.97. The number of allylic oxidation sites excluding steroid dienone is 1. The van der Waals surface area contributed by atoms with Crippen LogP contribution in [0.3, 0.4) is 0 Å². The SMILES string of the molecule is CCC(C)(C)/C=C/C(=O)N1CCN(C)CC1. The summed E-state index contributed by atoms with van der Waals surface area (Å²) < 4.78 is 0. The van der Waals surface area contributed by atoms with Crippen LogP contribution < -0.4 is 0 Å². The van der Waals surface area contributed by atoms with E-state index in [0.29, 0.717) is 0 Å². The van der Waals surface area contributed by atoms with Crippen molar-refractivity contribution < 1.29 is 4.79 Å². The molecule has 3 heteroatoms. The zero-order chi connectivity index (χ0) is 12.2. The standard InChI is InChI=1S/C13H24N2O/c1-5-13(2,3)7-6-12(16)15-10-8-14(4)9-11-15/h6-7H,5,8-11H2,1-4H3/b7-6+. The Morgan fingerprint density at radius 3 is 2.31 bits per heavy atom. The molecule has 0 aliphatic carbocycles. The molecule has 1 rings (SSSR count). The quantitative estimate of drug-likeness (QED) is 0.682. The van der Waals surface area contributed by atoms with Crippen LogP contribution in [-0.2, 0) is 4.79 Å². The van der Waals surface area contributed by atoms with Gasteiger partial charge in [0.05, 0.1) is 0 Å². The Hall–Kier alpha value is -0.830. The molecule has 0 atom stereocenters. The van der Waals surface area contributed by atoms with Gasteiger partial charge in [0.25, 0.3) is 0 Å². The lowest BCUT2D eigenvalue weighted by Crippen LogP contribution is -2.46. The summed E-state index contributed by atoms with van der Waals surface area (Å²) in [6, 6.07) is 0. The van der Waals surface area contributed by atoms with Crippen LogP contribution >= 0.6 is 0 Å². The molecule has 3 nitrogen and oxygen atoms in total. The molecule has 0 bridgehead atoms. The van der Waals surface area contributed by atoms with Crippen molar-refractivity contribution in [3.8, 4) is 0 Å². The molecule has 0 aromatic carbocycles. The summed E-state index contributed by atoms with van der Waals surface area (Å²) in [6.45, 7) is 10.1. The predicted octanol–water partition coefficient (Wildman–Crippen LogP) is 1.75. The van der Waals surface area contributed by atoms with Crippen LogP contribution in [0.25, 0.3) is 0 Å². The van der Waals surface area contributed by atoms with Crippen LogP contribution in [0.1, 0.15) is 27.2 Å². The number of likely N-dealkylation sites (N-methyl/N-ethyl adjacent to an activating group) is 1. The molecule has 1 heterocycles. The van der Waals surface area contributed by atoms with Crippen LogP contribution in [0.2, 0.25) is 0 Å². The molecule has 0 aromatic heterocycles. The van der Waals surface area contributed by atoms with Crippen molar-refractivity contribution in [2.75, 3.05) is 33.2 Å². The normalized spacial score (nSPS) is 19.4. The van der Waals surface area contributed by atoms with Gasteiger partial charge in [-0.1, -0.05) is 26.8 Å². The molecular weight excluding hydrogens is 200 g/mol. The van der Waals surface area contributed by atoms with E-state index in [2.05, 4.69) is 32.7 Å². The van der Waals surface area contributed by atoms with Crippen molar-refractivity contribution in [1.82, 2.24) is 9.80 Å².